The maximum atomic E-state index is 12.7. The molecule has 0 atom stereocenters. The van der Waals surface area contributed by atoms with E-state index in [0.717, 1.165) is 12.0 Å². The van der Waals surface area contributed by atoms with Crippen molar-refractivity contribution >= 4 is 28.4 Å². The Morgan fingerprint density at radius 2 is 1.69 bits per heavy atom. The van der Waals surface area contributed by atoms with Gasteiger partial charge in [-0.05, 0) is 17.5 Å². The van der Waals surface area contributed by atoms with Crippen LogP contribution < -0.4 is 10.2 Å². The Bertz CT molecular complexity index is 975. The topological polar surface area (TPSA) is 65.5 Å². The summed E-state index contributed by atoms with van der Waals surface area (Å²) in [5.41, 5.74) is 2.28. The third-order valence-corrected chi connectivity index (χ3v) is 5.82. The minimum atomic E-state index is -0.155. The summed E-state index contributed by atoms with van der Waals surface area (Å²) in [5.74, 6) is -0.155. The maximum Gasteiger partial charge on any atom is 0.326 e. The lowest BCUT2D eigenvalue weighted by molar-refractivity contribution is 0.0958. The smallest absolute Gasteiger partial charge is 0.326 e. The normalized spacial score (nSPS) is 13.7. The van der Waals surface area contributed by atoms with E-state index in [1.807, 2.05) is 60.7 Å². The molecular formula is C22H22N4O2S. The zero-order valence-electron chi connectivity index (χ0n) is 16.0. The largest absolute Gasteiger partial charge is 0.351 e. The van der Waals surface area contributed by atoms with Crippen molar-refractivity contribution in [2.24, 2.45) is 0 Å². The van der Waals surface area contributed by atoms with Gasteiger partial charge < -0.3 is 10.2 Å². The van der Waals surface area contributed by atoms with Crippen LogP contribution in [0, 0.1) is 0 Å². The fourth-order valence-electron chi connectivity index (χ4n) is 3.26. The molecule has 29 heavy (non-hydrogen) atoms. The van der Waals surface area contributed by atoms with E-state index in [-0.39, 0.29) is 11.9 Å². The molecule has 0 spiro atoms. The number of nitrogens with one attached hydrogen (secondary N) is 1. The molecule has 0 unspecified atom stereocenters. The van der Waals surface area contributed by atoms with Crippen molar-refractivity contribution in [3.05, 3.63) is 82.9 Å². The highest BCUT2D eigenvalue weighted by molar-refractivity contribution is 7.17. The molecule has 6 nitrogen and oxygen atoms in total. The predicted octanol–water partition coefficient (Wildman–Crippen LogP) is 3.56. The van der Waals surface area contributed by atoms with Gasteiger partial charge in [0.25, 0.3) is 5.91 Å². The minimum absolute atomic E-state index is 0.0701. The summed E-state index contributed by atoms with van der Waals surface area (Å²) in [7, 11) is 0. The molecule has 1 aliphatic rings. The number of benzene rings is 2. The first-order chi connectivity index (χ1) is 14.2. The second kappa shape index (κ2) is 8.87. The summed E-state index contributed by atoms with van der Waals surface area (Å²) in [6.07, 6.45) is 2.32. The van der Waals surface area contributed by atoms with Crippen LogP contribution in [0.1, 0.15) is 20.8 Å². The van der Waals surface area contributed by atoms with Crippen molar-refractivity contribution in [1.29, 1.82) is 0 Å². The molecular weight excluding hydrogens is 384 g/mol. The molecule has 1 fully saturated rings. The molecule has 7 heteroatoms. The summed E-state index contributed by atoms with van der Waals surface area (Å²) >= 11 is 1.25. The highest BCUT2D eigenvalue weighted by Crippen LogP contribution is 2.26. The third-order valence-electron chi connectivity index (χ3n) is 4.80. The van der Waals surface area contributed by atoms with Gasteiger partial charge in [-0.1, -0.05) is 72.0 Å². The van der Waals surface area contributed by atoms with Crippen LogP contribution in [0.2, 0.25) is 0 Å². The summed E-state index contributed by atoms with van der Waals surface area (Å²) in [5, 5.41) is 3.49. The van der Waals surface area contributed by atoms with Crippen molar-refractivity contribution < 1.29 is 9.59 Å². The Balaban J connectivity index is 1.32. The molecule has 0 radical (unpaired) electrons. The SMILES string of the molecule is O=C(NCCc1ccccc1)c1cnc(N2CCN(Cc3ccccc3)C2=O)s1. The molecule has 0 bridgehead atoms. The van der Waals surface area contributed by atoms with Gasteiger partial charge in [-0.15, -0.1) is 0 Å². The van der Waals surface area contributed by atoms with Crippen molar-refractivity contribution in [3.63, 3.8) is 0 Å². The molecule has 2 aromatic carbocycles. The molecule has 3 amide bonds. The first kappa shape index (κ1) is 19.1. The van der Waals surface area contributed by atoms with Crippen LogP contribution >= 0.6 is 11.3 Å². The Kier molecular flexibility index (Phi) is 5.86. The van der Waals surface area contributed by atoms with Crippen molar-refractivity contribution in [3.8, 4) is 0 Å². The van der Waals surface area contributed by atoms with Gasteiger partial charge >= 0.3 is 6.03 Å². The number of thiazole rings is 1. The number of aromatic nitrogens is 1. The Morgan fingerprint density at radius 1 is 1.00 bits per heavy atom. The quantitative estimate of drug-likeness (QED) is 0.652. The monoisotopic (exact) mass is 406 g/mol. The molecule has 2 heterocycles. The van der Waals surface area contributed by atoms with Crippen LogP contribution in [-0.4, -0.2) is 41.5 Å². The number of rotatable bonds is 7. The number of amides is 3. The van der Waals surface area contributed by atoms with Gasteiger partial charge in [0.05, 0.1) is 6.20 Å². The van der Waals surface area contributed by atoms with Gasteiger partial charge in [-0.25, -0.2) is 9.78 Å². The van der Waals surface area contributed by atoms with E-state index in [1.165, 1.54) is 16.9 Å². The fourth-order valence-corrected chi connectivity index (χ4v) is 4.11. The Hall–Kier alpha value is -3.19. The van der Waals surface area contributed by atoms with E-state index in [2.05, 4.69) is 10.3 Å². The van der Waals surface area contributed by atoms with Crippen LogP contribution in [0.3, 0.4) is 0 Å². The van der Waals surface area contributed by atoms with Crippen molar-refractivity contribution in [2.45, 2.75) is 13.0 Å². The van der Waals surface area contributed by atoms with Crippen LogP contribution in [0.5, 0.6) is 0 Å². The van der Waals surface area contributed by atoms with Gasteiger partial charge in [-0.2, -0.15) is 0 Å². The van der Waals surface area contributed by atoms with E-state index in [1.54, 1.807) is 16.0 Å². The second-order valence-corrected chi connectivity index (χ2v) is 7.85. The average Bonchev–Trinajstić information content (AvgIpc) is 3.37. The molecule has 4 rings (SSSR count). The summed E-state index contributed by atoms with van der Waals surface area (Å²) in [4.78, 5) is 33.4. The first-order valence-electron chi connectivity index (χ1n) is 9.59. The van der Waals surface area contributed by atoms with Gasteiger partial charge in [0, 0.05) is 26.2 Å². The first-order valence-corrected chi connectivity index (χ1v) is 10.4. The summed E-state index contributed by atoms with van der Waals surface area (Å²) < 4.78 is 0. The summed E-state index contributed by atoms with van der Waals surface area (Å²) in [6, 6.07) is 19.9. The zero-order valence-corrected chi connectivity index (χ0v) is 16.8. The number of carbonyl (C=O) groups is 2. The number of hydrogen-bond donors (Lipinski definition) is 1. The molecule has 1 aromatic heterocycles. The highest BCUT2D eigenvalue weighted by Gasteiger charge is 2.31. The fraction of sp³-hybridized carbons (Fsp3) is 0.227. The standard InChI is InChI=1S/C22H22N4O2S/c27-20(23-12-11-17-7-3-1-4-8-17)19-15-24-21(29-19)26-14-13-25(22(26)28)16-18-9-5-2-6-10-18/h1-10,15H,11-14,16H2,(H,23,27). The molecule has 1 aliphatic heterocycles. The van der Waals surface area contributed by atoms with Crippen molar-refractivity contribution in [2.75, 3.05) is 24.5 Å². The summed E-state index contributed by atoms with van der Waals surface area (Å²) in [6.45, 7) is 2.36. The highest BCUT2D eigenvalue weighted by atomic mass is 32.1. The lowest BCUT2D eigenvalue weighted by atomic mass is 10.1. The van der Waals surface area contributed by atoms with Gasteiger partial charge in [0.15, 0.2) is 5.13 Å². The second-order valence-electron chi connectivity index (χ2n) is 6.84. The van der Waals surface area contributed by atoms with E-state index in [0.29, 0.717) is 36.2 Å². The zero-order chi connectivity index (χ0) is 20.1. The molecule has 0 saturated carbocycles. The van der Waals surface area contributed by atoms with Crippen LogP contribution in [-0.2, 0) is 13.0 Å². The lowest BCUT2D eigenvalue weighted by Crippen LogP contribution is -2.31. The van der Waals surface area contributed by atoms with Crippen LogP contribution in [0.4, 0.5) is 9.93 Å². The number of hydrogen-bond acceptors (Lipinski definition) is 4. The third kappa shape index (κ3) is 4.63. The lowest BCUT2D eigenvalue weighted by Gasteiger charge is -2.16. The number of nitrogens with zero attached hydrogens (tertiary/aromatic N) is 3. The van der Waals surface area contributed by atoms with Gasteiger partial charge in [0.2, 0.25) is 0 Å². The van der Waals surface area contributed by atoms with Gasteiger partial charge in [0.1, 0.15) is 4.88 Å². The number of anilines is 1. The van der Waals surface area contributed by atoms with Crippen molar-refractivity contribution in [1.82, 2.24) is 15.2 Å². The molecule has 1 N–H and O–H groups in total. The molecule has 148 valence electrons. The molecule has 0 aliphatic carbocycles. The molecule has 3 aromatic rings. The number of urea groups is 1. The van der Waals surface area contributed by atoms with Crippen LogP contribution in [0.25, 0.3) is 0 Å². The Morgan fingerprint density at radius 3 is 2.41 bits per heavy atom. The predicted molar refractivity (Wildman–Crippen MR) is 114 cm³/mol. The maximum absolute atomic E-state index is 12.7. The van der Waals surface area contributed by atoms with E-state index in [4.69, 9.17) is 0 Å². The van der Waals surface area contributed by atoms with E-state index < -0.39 is 0 Å². The van der Waals surface area contributed by atoms with E-state index >= 15 is 0 Å². The number of carbonyl (C=O) groups excluding carboxylic acids is 2. The van der Waals surface area contributed by atoms with Crippen LogP contribution in [0.15, 0.2) is 66.9 Å². The minimum Gasteiger partial charge on any atom is -0.351 e. The average molecular weight is 407 g/mol. The van der Waals surface area contributed by atoms with E-state index in [9.17, 15) is 9.59 Å². The Labute approximate surface area is 173 Å². The molecule has 1 saturated heterocycles. The van der Waals surface area contributed by atoms with Gasteiger partial charge in [-0.3, -0.25) is 9.69 Å².